The van der Waals surface area contributed by atoms with Crippen LogP contribution in [0, 0.1) is 0 Å². The summed E-state index contributed by atoms with van der Waals surface area (Å²) in [6.07, 6.45) is 1.58. The van der Waals surface area contributed by atoms with Crippen LogP contribution >= 0.6 is 0 Å². The van der Waals surface area contributed by atoms with E-state index in [2.05, 4.69) is 0 Å². The molecule has 144 valence electrons. The Labute approximate surface area is 165 Å². The zero-order valence-electron chi connectivity index (χ0n) is 16.0. The van der Waals surface area contributed by atoms with Crippen LogP contribution in [0.2, 0.25) is 0 Å². The van der Waals surface area contributed by atoms with E-state index in [1.54, 1.807) is 6.07 Å². The molecule has 0 atom stereocenters. The van der Waals surface area contributed by atoms with Crippen LogP contribution in [-0.2, 0) is 27.4 Å². The average Bonchev–Trinajstić information content (AvgIpc) is 2.72. The van der Waals surface area contributed by atoms with Crippen molar-refractivity contribution in [2.45, 2.75) is 39.2 Å². The van der Waals surface area contributed by atoms with Gasteiger partial charge in [0.15, 0.2) is 0 Å². The molecule has 3 aromatic rings. The van der Waals surface area contributed by atoms with Gasteiger partial charge in [-0.05, 0) is 46.9 Å². The first-order valence-corrected chi connectivity index (χ1v) is 9.57. The summed E-state index contributed by atoms with van der Waals surface area (Å²) >= 11 is 0. The van der Waals surface area contributed by atoms with Crippen LogP contribution in [0.1, 0.15) is 37.3 Å². The van der Waals surface area contributed by atoms with E-state index >= 15 is 0 Å². The van der Waals surface area contributed by atoms with Gasteiger partial charge in [-0.15, -0.1) is 0 Å². The Morgan fingerprint density at radius 3 is 2.36 bits per heavy atom. The summed E-state index contributed by atoms with van der Waals surface area (Å²) in [6, 6.07) is 21.5. The molecule has 0 unspecified atom stereocenters. The number of ether oxygens (including phenoxy) is 2. The minimum absolute atomic E-state index is 0.184. The fourth-order valence-electron chi connectivity index (χ4n) is 3.01. The van der Waals surface area contributed by atoms with E-state index in [0.717, 1.165) is 28.3 Å². The van der Waals surface area contributed by atoms with Gasteiger partial charge in [0.25, 0.3) is 0 Å². The van der Waals surface area contributed by atoms with Gasteiger partial charge in [-0.2, -0.15) is 0 Å². The van der Waals surface area contributed by atoms with Crippen molar-refractivity contribution < 1.29 is 19.1 Å². The van der Waals surface area contributed by atoms with Gasteiger partial charge in [-0.1, -0.05) is 61.5 Å². The molecular weight excluding hydrogens is 352 g/mol. The lowest BCUT2D eigenvalue weighted by Crippen LogP contribution is -2.11. The summed E-state index contributed by atoms with van der Waals surface area (Å²) < 4.78 is 10.7. The minimum Gasteiger partial charge on any atom is -0.461 e. The Hall–Kier alpha value is -3.14. The highest BCUT2D eigenvalue weighted by atomic mass is 16.5. The van der Waals surface area contributed by atoms with Gasteiger partial charge < -0.3 is 9.47 Å². The second-order valence-electron chi connectivity index (χ2n) is 6.63. The number of para-hydroxylation sites is 1. The van der Waals surface area contributed by atoms with Crippen LogP contribution in [0.5, 0.6) is 5.75 Å². The van der Waals surface area contributed by atoms with Crippen LogP contribution in [0.4, 0.5) is 0 Å². The third-order valence-corrected chi connectivity index (χ3v) is 4.55. The number of rotatable bonds is 8. The molecule has 0 aliphatic heterocycles. The number of carbonyl (C=O) groups excluding carboxylic acids is 2. The molecule has 0 fully saturated rings. The van der Waals surface area contributed by atoms with Crippen molar-refractivity contribution in [3.63, 3.8) is 0 Å². The molecular formula is C24H24O4. The summed E-state index contributed by atoms with van der Waals surface area (Å²) in [7, 11) is 0. The van der Waals surface area contributed by atoms with Gasteiger partial charge in [-0.3, -0.25) is 9.59 Å². The topological polar surface area (TPSA) is 52.6 Å². The van der Waals surface area contributed by atoms with E-state index < -0.39 is 0 Å². The van der Waals surface area contributed by atoms with Crippen molar-refractivity contribution in [3.05, 3.63) is 77.9 Å². The quantitative estimate of drug-likeness (QED) is 0.399. The zero-order valence-corrected chi connectivity index (χ0v) is 16.0. The van der Waals surface area contributed by atoms with Crippen LogP contribution in [-0.4, -0.2) is 11.9 Å². The Balaban J connectivity index is 1.40. The molecule has 0 aliphatic rings. The molecule has 28 heavy (non-hydrogen) atoms. The van der Waals surface area contributed by atoms with Crippen molar-refractivity contribution in [1.82, 2.24) is 0 Å². The summed E-state index contributed by atoms with van der Waals surface area (Å²) in [5.74, 6) is -0.0490. The summed E-state index contributed by atoms with van der Waals surface area (Å²) in [5.41, 5.74) is 1.94. The number of esters is 2. The number of carbonyl (C=O) groups is 2. The van der Waals surface area contributed by atoms with E-state index in [1.165, 1.54) is 0 Å². The third-order valence-electron chi connectivity index (χ3n) is 4.55. The lowest BCUT2D eigenvalue weighted by atomic mass is 10.1. The van der Waals surface area contributed by atoms with Crippen molar-refractivity contribution >= 4 is 22.7 Å². The monoisotopic (exact) mass is 376 g/mol. The van der Waals surface area contributed by atoms with E-state index in [-0.39, 0.29) is 31.4 Å². The molecule has 0 spiro atoms. The maximum absolute atomic E-state index is 12.0. The molecule has 3 rings (SSSR count). The maximum atomic E-state index is 12.0. The predicted octanol–water partition coefficient (Wildman–Crippen LogP) is 5.22. The highest BCUT2D eigenvalue weighted by Crippen LogP contribution is 2.19. The number of aryl methyl sites for hydroxylation is 1. The molecule has 0 saturated carbocycles. The maximum Gasteiger partial charge on any atom is 0.311 e. The van der Waals surface area contributed by atoms with E-state index in [0.29, 0.717) is 12.2 Å². The Morgan fingerprint density at radius 1 is 0.821 bits per heavy atom. The van der Waals surface area contributed by atoms with Gasteiger partial charge in [-0.25, -0.2) is 0 Å². The van der Waals surface area contributed by atoms with Crippen LogP contribution in [0.3, 0.4) is 0 Å². The molecule has 3 aromatic carbocycles. The van der Waals surface area contributed by atoms with Crippen molar-refractivity contribution in [3.8, 4) is 5.75 Å². The van der Waals surface area contributed by atoms with E-state index in [9.17, 15) is 9.59 Å². The van der Waals surface area contributed by atoms with Gasteiger partial charge in [0.2, 0.25) is 0 Å². The normalized spacial score (nSPS) is 10.6. The largest absolute Gasteiger partial charge is 0.461 e. The molecule has 0 bridgehead atoms. The number of hydrogen-bond acceptors (Lipinski definition) is 4. The number of fused-ring (bicyclic) bond motifs is 1. The highest BCUT2D eigenvalue weighted by Gasteiger charge is 2.10. The molecule has 4 nitrogen and oxygen atoms in total. The third kappa shape index (κ3) is 5.43. The smallest absolute Gasteiger partial charge is 0.311 e. The Morgan fingerprint density at radius 2 is 1.54 bits per heavy atom. The standard InChI is InChI=1S/C24H24O4/c1-2-19-8-5-6-11-22(19)28-24(26)13-7-12-23(25)27-17-18-14-15-20-9-3-4-10-21(20)16-18/h3-6,8-11,14-16H,2,7,12-13,17H2,1H3. The van der Waals surface area contributed by atoms with Crippen molar-refractivity contribution in [2.75, 3.05) is 0 Å². The highest BCUT2D eigenvalue weighted by molar-refractivity contribution is 5.83. The van der Waals surface area contributed by atoms with Crippen LogP contribution in [0.25, 0.3) is 10.8 Å². The van der Waals surface area contributed by atoms with Gasteiger partial charge in [0.05, 0.1) is 0 Å². The number of hydrogen-bond donors (Lipinski definition) is 0. The van der Waals surface area contributed by atoms with Gasteiger partial charge in [0.1, 0.15) is 12.4 Å². The van der Waals surface area contributed by atoms with Crippen LogP contribution in [0.15, 0.2) is 66.7 Å². The minimum atomic E-state index is -0.330. The molecule has 0 heterocycles. The van der Waals surface area contributed by atoms with Gasteiger partial charge in [0, 0.05) is 12.8 Å². The zero-order chi connectivity index (χ0) is 19.8. The fourth-order valence-corrected chi connectivity index (χ4v) is 3.01. The summed E-state index contributed by atoms with van der Waals surface area (Å²) in [5, 5.41) is 2.27. The Kier molecular flexibility index (Phi) is 6.79. The molecule has 0 aliphatic carbocycles. The molecule has 0 saturated heterocycles. The lowest BCUT2D eigenvalue weighted by molar-refractivity contribution is -0.145. The predicted molar refractivity (Wildman–Crippen MR) is 109 cm³/mol. The summed E-state index contributed by atoms with van der Waals surface area (Å²) in [4.78, 5) is 23.9. The lowest BCUT2D eigenvalue weighted by Gasteiger charge is -2.09. The van der Waals surface area contributed by atoms with Crippen molar-refractivity contribution in [1.29, 1.82) is 0 Å². The number of benzene rings is 3. The first kappa shape index (κ1) is 19.6. The van der Waals surface area contributed by atoms with E-state index in [1.807, 2.05) is 67.6 Å². The second kappa shape index (κ2) is 9.70. The second-order valence-corrected chi connectivity index (χ2v) is 6.63. The first-order chi connectivity index (χ1) is 13.7. The molecule has 0 N–H and O–H groups in total. The van der Waals surface area contributed by atoms with Crippen molar-refractivity contribution in [2.24, 2.45) is 0 Å². The fraction of sp³-hybridized carbons (Fsp3) is 0.250. The SMILES string of the molecule is CCc1ccccc1OC(=O)CCCC(=O)OCc1ccc2ccccc2c1. The molecule has 0 radical (unpaired) electrons. The van der Waals surface area contributed by atoms with E-state index in [4.69, 9.17) is 9.47 Å². The molecule has 0 amide bonds. The average molecular weight is 376 g/mol. The Bertz CT molecular complexity index is 961. The van der Waals surface area contributed by atoms with Gasteiger partial charge >= 0.3 is 11.9 Å². The first-order valence-electron chi connectivity index (χ1n) is 9.57. The molecule has 4 heteroatoms. The molecule has 0 aromatic heterocycles. The van der Waals surface area contributed by atoms with Crippen LogP contribution < -0.4 is 4.74 Å². The summed E-state index contributed by atoms with van der Waals surface area (Å²) in [6.45, 7) is 2.25.